The van der Waals surface area contributed by atoms with Crippen LogP contribution in [-0.4, -0.2) is 22.6 Å². The number of carbonyl (C=O) groups is 1. The number of alkyl halides is 3. The van der Waals surface area contributed by atoms with Gasteiger partial charge in [0.25, 0.3) is 0 Å². The highest BCUT2D eigenvalue weighted by Gasteiger charge is 2.31. The summed E-state index contributed by atoms with van der Waals surface area (Å²) in [7, 11) is 0. The molecular formula is C16H9F3N2O3. The van der Waals surface area contributed by atoms with Crippen LogP contribution in [0.3, 0.4) is 0 Å². The largest absolute Gasteiger partial charge is 0.573 e. The lowest BCUT2D eigenvalue weighted by molar-refractivity contribution is -0.274. The minimum Gasteiger partial charge on any atom is -0.439 e. The second kappa shape index (κ2) is 6.15. The van der Waals surface area contributed by atoms with E-state index < -0.39 is 12.1 Å². The Morgan fingerprint density at radius 1 is 1.00 bits per heavy atom. The standard InChI is InChI=1S/C16H9F3N2O3/c17-16(18,19)24-13-4-6-15(20-8-13)23-12-3-5-14-10(7-12)1-2-11(9-22)21-14/h1-9H. The van der Waals surface area contributed by atoms with E-state index in [0.717, 1.165) is 17.6 Å². The van der Waals surface area contributed by atoms with Gasteiger partial charge in [-0.15, -0.1) is 13.2 Å². The van der Waals surface area contributed by atoms with Crippen LogP contribution in [0.15, 0.2) is 48.7 Å². The molecule has 0 bridgehead atoms. The fourth-order valence-electron chi connectivity index (χ4n) is 1.99. The zero-order valence-corrected chi connectivity index (χ0v) is 11.9. The first kappa shape index (κ1) is 15.7. The summed E-state index contributed by atoms with van der Waals surface area (Å²) in [6, 6.07) is 10.6. The number of halogens is 3. The summed E-state index contributed by atoms with van der Waals surface area (Å²) in [4.78, 5) is 18.6. The third kappa shape index (κ3) is 3.78. The van der Waals surface area contributed by atoms with Gasteiger partial charge in [0.2, 0.25) is 5.88 Å². The molecule has 0 spiro atoms. The van der Waals surface area contributed by atoms with Crippen LogP contribution in [0.25, 0.3) is 10.9 Å². The van der Waals surface area contributed by atoms with Crippen molar-refractivity contribution in [2.75, 3.05) is 0 Å². The number of benzene rings is 1. The van der Waals surface area contributed by atoms with Gasteiger partial charge in [-0.25, -0.2) is 9.97 Å². The van der Waals surface area contributed by atoms with Crippen molar-refractivity contribution in [2.45, 2.75) is 6.36 Å². The Morgan fingerprint density at radius 3 is 2.46 bits per heavy atom. The van der Waals surface area contributed by atoms with Gasteiger partial charge in [0, 0.05) is 11.5 Å². The Bertz CT molecular complexity index is 880. The molecule has 0 radical (unpaired) electrons. The Hall–Kier alpha value is -3.16. The minimum absolute atomic E-state index is 0.112. The predicted molar refractivity (Wildman–Crippen MR) is 78.1 cm³/mol. The van der Waals surface area contributed by atoms with Crippen LogP contribution in [0, 0.1) is 0 Å². The Labute approximate surface area is 133 Å². The summed E-state index contributed by atoms with van der Waals surface area (Å²) in [5.41, 5.74) is 0.937. The number of aldehydes is 1. The highest BCUT2D eigenvalue weighted by Crippen LogP contribution is 2.26. The number of fused-ring (bicyclic) bond motifs is 1. The Balaban J connectivity index is 1.78. The highest BCUT2D eigenvalue weighted by atomic mass is 19.4. The first-order valence-corrected chi connectivity index (χ1v) is 6.68. The lowest BCUT2D eigenvalue weighted by Gasteiger charge is -2.09. The van der Waals surface area contributed by atoms with E-state index in [-0.39, 0.29) is 5.88 Å². The smallest absolute Gasteiger partial charge is 0.439 e. The molecule has 0 saturated carbocycles. The fraction of sp³-hybridized carbons (Fsp3) is 0.0625. The molecule has 24 heavy (non-hydrogen) atoms. The fourth-order valence-corrected chi connectivity index (χ4v) is 1.99. The molecule has 3 aromatic rings. The molecule has 0 saturated heterocycles. The number of carbonyl (C=O) groups excluding carboxylic acids is 1. The molecule has 0 fully saturated rings. The van der Waals surface area contributed by atoms with E-state index in [2.05, 4.69) is 14.7 Å². The van der Waals surface area contributed by atoms with Gasteiger partial charge in [0.15, 0.2) is 6.29 Å². The topological polar surface area (TPSA) is 61.3 Å². The molecule has 0 amide bonds. The van der Waals surface area contributed by atoms with Crippen LogP contribution < -0.4 is 9.47 Å². The average Bonchev–Trinajstić information content (AvgIpc) is 2.55. The number of ether oxygens (including phenoxy) is 2. The molecule has 8 heteroatoms. The van der Waals surface area contributed by atoms with Crippen molar-refractivity contribution in [3.8, 4) is 17.4 Å². The first-order chi connectivity index (χ1) is 11.4. The molecule has 0 aliphatic carbocycles. The minimum atomic E-state index is -4.77. The normalized spacial score (nSPS) is 11.3. The SMILES string of the molecule is O=Cc1ccc2cc(Oc3ccc(OC(F)(F)F)cn3)ccc2n1. The third-order valence-corrected chi connectivity index (χ3v) is 2.97. The van der Waals surface area contributed by atoms with Crippen molar-refractivity contribution in [3.05, 3.63) is 54.4 Å². The number of hydrogen-bond acceptors (Lipinski definition) is 5. The molecule has 0 aliphatic rings. The van der Waals surface area contributed by atoms with Crippen molar-refractivity contribution in [1.82, 2.24) is 9.97 Å². The average molecular weight is 334 g/mol. The van der Waals surface area contributed by atoms with E-state index in [4.69, 9.17) is 4.74 Å². The van der Waals surface area contributed by atoms with E-state index in [9.17, 15) is 18.0 Å². The van der Waals surface area contributed by atoms with Crippen LogP contribution in [0.2, 0.25) is 0 Å². The van der Waals surface area contributed by atoms with Gasteiger partial charge in [-0.1, -0.05) is 6.07 Å². The van der Waals surface area contributed by atoms with E-state index in [1.54, 1.807) is 30.3 Å². The van der Waals surface area contributed by atoms with Crippen LogP contribution in [0.1, 0.15) is 10.5 Å². The van der Waals surface area contributed by atoms with Gasteiger partial charge >= 0.3 is 6.36 Å². The van der Waals surface area contributed by atoms with Crippen LogP contribution in [0.4, 0.5) is 13.2 Å². The van der Waals surface area contributed by atoms with Crippen molar-refractivity contribution < 1.29 is 27.4 Å². The molecule has 3 rings (SSSR count). The van der Waals surface area contributed by atoms with E-state index in [1.807, 2.05) is 0 Å². The van der Waals surface area contributed by atoms with Crippen molar-refractivity contribution in [3.63, 3.8) is 0 Å². The zero-order valence-electron chi connectivity index (χ0n) is 11.9. The number of nitrogens with zero attached hydrogens (tertiary/aromatic N) is 2. The molecule has 0 unspecified atom stereocenters. The van der Waals surface area contributed by atoms with Crippen molar-refractivity contribution in [1.29, 1.82) is 0 Å². The summed E-state index contributed by atoms with van der Waals surface area (Å²) in [6.45, 7) is 0. The molecular weight excluding hydrogens is 325 g/mol. The number of aromatic nitrogens is 2. The molecule has 0 N–H and O–H groups in total. The number of rotatable bonds is 4. The molecule has 0 atom stereocenters. The van der Waals surface area contributed by atoms with Crippen LogP contribution in [-0.2, 0) is 0 Å². The molecule has 2 heterocycles. The summed E-state index contributed by atoms with van der Waals surface area (Å²) >= 11 is 0. The third-order valence-electron chi connectivity index (χ3n) is 2.97. The Kier molecular flexibility index (Phi) is 4.03. The summed E-state index contributed by atoms with van der Waals surface area (Å²) in [5.74, 6) is 0.112. The van der Waals surface area contributed by atoms with Gasteiger partial charge in [-0.2, -0.15) is 0 Å². The van der Waals surface area contributed by atoms with Gasteiger partial charge in [-0.3, -0.25) is 4.79 Å². The van der Waals surface area contributed by atoms with Crippen molar-refractivity contribution in [2.24, 2.45) is 0 Å². The summed E-state index contributed by atoms with van der Waals surface area (Å²) in [6.07, 6.45) is -3.20. The highest BCUT2D eigenvalue weighted by molar-refractivity contribution is 5.84. The maximum Gasteiger partial charge on any atom is 0.573 e. The lowest BCUT2D eigenvalue weighted by Crippen LogP contribution is -2.17. The van der Waals surface area contributed by atoms with E-state index >= 15 is 0 Å². The Morgan fingerprint density at radius 2 is 1.79 bits per heavy atom. The zero-order chi connectivity index (χ0) is 17.2. The number of pyridine rings is 2. The second-order valence-electron chi connectivity index (χ2n) is 4.69. The molecule has 122 valence electrons. The van der Waals surface area contributed by atoms with Gasteiger partial charge in [0.05, 0.1) is 11.7 Å². The van der Waals surface area contributed by atoms with Crippen LogP contribution in [0.5, 0.6) is 17.4 Å². The second-order valence-corrected chi connectivity index (χ2v) is 4.69. The molecule has 2 aromatic heterocycles. The van der Waals surface area contributed by atoms with Crippen LogP contribution >= 0.6 is 0 Å². The summed E-state index contributed by atoms with van der Waals surface area (Å²) < 4.78 is 45.5. The van der Waals surface area contributed by atoms with E-state index in [1.165, 1.54) is 6.07 Å². The number of hydrogen-bond donors (Lipinski definition) is 0. The van der Waals surface area contributed by atoms with Gasteiger partial charge in [0.1, 0.15) is 17.2 Å². The van der Waals surface area contributed by atoms with E-state index in [0.29, 0.717) is 23.2 Å². The quantitative estimate of drug-likeness (QED) is 0.671. The monoisotopic (exact) mass is 334 g/mol. The molecule has 1 aromatic carbocycles. The maximum absolute atomic E-state index is 12.1. The maximum atomic E-state index is 12.1. The first-order valence-electron chi connectivity index (χ1n) is 6.68. The molecule has 5 nitrogen and oxygen atoms in total. The molecule has 0 aliphatic heterocycles. The predicted octanol–water partition coefficient (Wildman–Crippen LogP) is 4.13. The van der Waals surface area contributed by atoms with Gasteiger partial charge < -0.3 is 9.47 Å². The van der Waals surface area contributed by atoms with Crippen molar-refractivity contribution >= 4 is 17.2 Å². The lowest BCUT2D eigenvalue weighted by atomic mass is 10.2. The summed E-state index contributed by atoms with van der Waals surface area (Å²) in [5, 5.41) is 0.745. The van der Waals surface area contributed by atoms with Gasteiger partial charge in [-0.05, 0) is 30.3 Å².